The summed E-state index contributed by atoms with van der Waals surface area (Å²) in [5.41, 5.74) is 0. The highest BCUT2D eigenvalue weighted by atomic mass is 15.3. The molecule has 0 aromatic heterocycles. The SMILES string of the molecule is CNC1CC(C)CC(C)C1CN1CCN(C2CC2)CC1. The van der Waals surface area contributed by atoms with Crippen LogP contribution in [0.1, 0.15) is 39.5 Å². The number of nitrogens with zero attached hydrogens (tertiary/aromatic N) is 2. The van der Waals surface area contributed by atoms with Gasteiger partial charge in [-0.05, 0) is 50.5 Å². The number of piperazine rings is 1. The van der Waals surface area contributed by atoms with Gasteiger partial charge in [0.15, 0.2) is 0 Å². The zero-order valence-electron chi connectivity index (χ0n) is 13.6. The average Bonchev–Trinajstić information content (AvgIpc) is 3.27. The predicted octanol–water partition coefficient (Wildman–Crippen LogP) is 2.04. The smallest absolute Gasteiger partial charge is 0.0113 e. The Bertz CT molecular complexity index is 307. The number of nitrogens with one attached hydrogen (secondary N) is 1. The molecule has 0 aromatic rings. The maximum Gasteiger partial charge on any atom is 0.0113 e. The Morgan fingerprint density at radius 2 is 1.70 bits per heavy atom. The molecule has 3 fully saturated rings. The fraction of sp³-hybridized carbons (Fsp3) is 1.00. The normalized spacial score (nSPS) is 41.0. The van der Waals surface area contributed by atoms with Gasteiger partial charge in [-0.25, -0.2) is 0 Å². The second kappa shape index (κ2) is 6.33. The zero-order chi connectivity index (χ0) is 14.1. The first-order valence-electron chi connectivity index (χ1n) is 8.81. The van der Waals surface area contributed by atoms with Gasteiger partial charge < -0.3 is 10.2 Å². The quantitative estimate of drug-likeness (QED) is 0.849. The van der Waals surface area contributed by atoms with Gasteiger partial charge in [0, 0.05) is 44.8 Å². The summed E-state index contributed by atoms with van der Waals surface area (Å²) in [7, 11) is 2.16. The lowest BCUT2D eigenvalue weighted by Crippen LogP contribution is -2.53. The number of hydrogen-bond acceptors (Lipinski definition) is 3. The molecule has 3 nitrogen and oxygen atoms in total. The highest BCUT2D eigenvalue weighted by Gasteiger charge is 2.36. The first-order chi connectivity index (χ1) is 9.67. The van der Waals surface area contributed by atoms with Crippen molar-refractivity contribution in [3.8, 4) is 0 Å². The summed E-state index contributed by atoms with van der Waals surface area (Å²) in [6, 6.07) is 1.69. The minimum atomic E-state index is 0.732. The molecule has 1 N–H and O–H groups in total. The molecule has 4 unspecified atom stereocenters. The molecule has 3 rings (SSSR count). The van der Waals surface area contributed by atoms with Crippen LogP contribution in [0, 0.1) is 17.8 Å². The maximum absolute atomic E-state index is 3.60. The summed E-state index contributed by atoms with van der Waals surface area (Å²) in [6.07, 6.45) is 5.71. The Kier molecular flexibility index (Phi) is 4.68. The van der Waals surface area contributed by atoms with Crippen LogP contribution in [0.4, 0.5) is 0 Å². The Morgan fingerprint density at radius 3 is 2.30 bits per heavy atom. The van der Waals surface area contributed by atoms with Gasteiger partial charge >= 0.3 is 0 Å². The van der Waals surface area contributed by atoms with Crippen LogP contribution < -0.4 is 5.32 Å². The van der Waals surface area contributed by atoms with Crippen LogP contribution in [-0.2, 0) is 0 Å². The Labute approximate surface area is 125 Å². The summed E-state index contributed by atoms with van der Waals surface area (Å²) < 4.78 is 0. The van der Waals surface area contributed by atoms with Crippen molar-refractivity contribution < 1.29 is 0 Å². The first-order valence-corrected chi connectivity index (χ1v) is 8.81. The zero-order valence-corrected chi connectivity index (χ0v) is 13.6. The van der Waals surface area contributed by atoms with Crippen LogP contribution in [0.3, 0.4) is 0 Å². The predicted molar refractivity (Wildman–Crippen MR) is 84.9 cm³/mol. The molecule has 20 heavy (non-hydrogen) atoms. The molecule has 3 aliphatic rings. The van der Waals surface area contributed by atoms with Gasteiger partial charge in [0.2, 0.25) is 0 Å². The Balaban J connectivity index is 1.51. The topological polar surface area (TPSA) is 18.5 Å². The van der Waals surface area contributed by atoms with Crippen molar-refractivity contribution in [3.05, 3.63) is 0 Å². The minimum Gasteiger partial charge on any atom is -0.317 e. The molecule has 3 heteroatoms. The largest absolute Gasteiger partial charge is 0.317 e. The maximum atomic E-state index is 3.60. The highest BCUT2D eigenvalue weighted by molar-refractivity contribution is 4.91. The van der Waals surface area contributed by atoms with E-state index >= 15 is 0 Å². The molecule has 0 amide bonds. The molecule has 2 saturated carbocycles. The van der Waals surface area contributed by atoms with Crippen LogP contribution in [0.2, 0.25) is 0 Å². The Morgan fingerprint density at radius 1 is 1.00 bits per heavy atom. The second-order valence-corrected chi connectivity index (χ2v) is 7.68. The van der Waals surface area contributed by atoms with Gasteiger partial charge in [-0.3, -0.25) is 4.90 Å². The van der Waals surface area contributed by atoms with E-state index in [0.717, 1.165) is 29.8 Å². The molecule has 1 saturated heterocycles. The average molecular weight is 279 g/mol. The number of hydrogen-bond donors (Lipinski definition) is 1. The molecule has 2 aliphatic carbocycles. The van der Waals surface area contributed by atoms with Crippen molar-refractivity contribution in [1.29, 1.82) is 0 Å². The Hall–Kier alpha value is -0.120. The molecule has 0 bridgehead atoms. The summed E-state index contributed by atoms with van der Waals surface area (Å²) in [4.78, 5) is 5.46. The molecule has 0 radical (unpaired) electrons. The molecule has 0 aromatic carbocycles. The van der Waals surface area contributed by atoms with Crippen molar-refractivity contribution in [2.24, 2.45) is 17.8 Å². The van der Waals surface area contributed by atoms with E-state index in [1.54, 1.807) is 0 Å². The van der Waals surface area contributed by atoms with Crippen molar-refractivity contribution in [1.82, 2.24) is 15.1 Å². The van der Waals surface area contributed by atoms with E-state index in [1.807, 2.05) is 0 Å². The highest BCUT2D eigenvalue weighted by Crippen LogP contribution is 2.34. The van der Waals surface area contributed by atoms with Crippen molar-refractivity contribution in [2.75, 3.05) is 39.8 Å². The van der Waals surface area contributed by atoms with Crippen LogP contribution in [0.25, 0.3) is 0 Å². The van der Waals surface area contributed by atoms with Crippen LogP contribution in [-0.4, -0.2) is 61.7 Å². The molecule has 116 valence electrons. The lowest BCUT2D eigenvalue weighted by Gasteiger charge is -2.44. The van der Waals surface area contributed by atoms with Gasteiger partial charge in [-0.2, -0.15) is 0 Å². The van der Waals surface area contributed by atoms with E-state index in [-0.39, 0.29) is 0 Å². The third-order valence-electron chi connectivity index (χ3n) is 5.99. The summed E-state index contributed by atoms with van der Waals surface area (Å²) in [5, 5.41) is 3.60. The van der Waals surface area contributed by atoms with Gasteiger partial charge in [0.1, 0.15) is 0 Å². The summed E-state index contributed by atoms with van der Waals surface area (Å²) in [5.74, 6) is 2.62. The van der Waals surface area contributed by atoms with Crippen LogP contribution in [0.5, 0.6) is 0 Å². The molecule has 4 atom stereocenters. The third kappa shape index (κ3) is 3.37. The second-order valence-electron chi connectivity index (χ2n) is 7.68. The molecular formula is C17H33N3. The monoisotopic (exact) mass is 279 g/mol. The van der Waals surface area contributed by atoms with E-state index in [9.17, 15) is 0 Å². The lowest BCUT2D eigenvalue weighted by atomic mass is 9.72. The van der Waals surface area contributed by atoms with E-state index in [4.69, 9.17) is 0 Å². The number of rotatable bonds is 4. The first kappa shape index (κ1) is 14.8. The fourth-order valence-electron chi connectivity index (χ4n) is 4.60. The van der Waals surface area contributed by atoms with Crippen molar-refractivity contribution in [3.63, 3.8) is 0 Å². The van der Waals surface area contributed by atoms with E-state index in [1.165, 1.54) is 58.4 Å². The van der Waals surface area contributed by atoms with Gasteiger partial charge in [-0.15, -0.1) is 0 Å². The third-order valence-corrected chi connectivity index (χ3v) is 5.99. The van der Waals surface area contributed by atoms with Crippen LogP contribution in [0.15, 0.2) is 0 Å². The van der Waals surface area contributed by atoms with Gasteiger partial charge in [0.05, 0.1) is 0 Å². The standard InChI is InChI=1S/C17H33N3/c1-13-10-14(2)16(17(11-13)18-3)12-19-6-8-20(9-7-19)15-4-5-15/h13-18H,4-12H2,1-3H3. The molecule has 1 aliphatic heterocycles. The molecular weight excluding hydrogens is 246 g/mol. The molecule has 0 spiro atoms. The van der Waals surface area contributed by atoms with Gasteiger partial charge in [-0.1, -0.05) is 13.8 Å². The van der Waals surface area contributed by atoms with E-state index in [2.05, 4.69) is 36.0 Å². The lowest BCUT2D eigenvalue weighted by molar-refractivity contribution is 0.0677. The van der Waals surface area contributed by atoms with E-state index < -0.39 is 0 Å². The van der Waals surface area contributed by atoms with Crippen LogP contribution >= 0.6 is 0 Å². The summed E-state index contributed by atoms with van der Waals surface area (Å²) >= 11 is 0. The van der Waals surface area contributed by atoms with Crippen molar-refractivity contribution in [2.45, 2.75) is 51.6 Å². The van der Waals surface area contributed by atoms with Gasteiger partial charge in [0.25, 0.3) is 0 Å². The summed E-state index contributed by atoms with van der Waals surface area (Å²) in [6.45, 7) is 11.4. The van der Waals surface area contributed by atoms with E-state index in [0.29, 0.717) is 0 Å². The minimum absolute atomic E-state index is 0.732. The molecule has 1 heterocycles. The van der Waals surface area contributed by atoms with Crippen molar-refractivity contribution >= 4 is 0 Å². The fourth-order valence-corrected chi connectivity index (χ4v) is 4.60.